The first-order valence-electron chi connectivity index (χ1n) is 7.72. The molecule has 1 aliphatic rings. The molecule has 1 heterocycles. The molecule has 22 heavy (non-hydrogen) atoms. The molecule has 4 nitrogen and oxygen atoms in total. The lowest BCUT2D eigenvalue weighted by Crippen LogP contribution is -2.51. The zero-order valence-corrected chi connectivity index (χ0v) is 13.6. The first-order chi connectivity index (χ1) is 10.7. The van der Waals surface area contributed by atoms with Crippen molar-refractivity contribution in [2.45, 2.75) is 44.1 Å². The average molecular weight is 318 g/mol. The highest BCUT2D eigenvalue weighted by molar-refractivity contribution is 7.09. The van der Waals surface area contributed by atoms with E-state index in [9.17, 15) is 5.11 Å². The molecule has 1 N–H and O–H groups in total. The van der Waals surface area contributed by atoms with Crippen LogP contribution >= 0.6 is 11.3 Å². The van der Waals surface area contributed by atoms with Gasteiger partial charge >= 0.3 is 0 Å². The fraction of sp³-hybridized carbons (Fsp3) is 0.471. The fourth-order valence-electron chi connectivity index (χ4n) is 3.06. The Morgan fingerprint density at radius 2 is 2.14 bits per heavy atom. The molecule has 1 aromatic carbocycles. The van der Waals surface area contributed by atoms with E-state index in [2.05, 4.69) is 16.9 Å². The third-order valence-electron chi connectivity index (χ3n) is 4.23. The van der Waals surface area contributed by atoms with Crippen LogP contribution in [0.15, 0.2) is 41.9 Å². The standard InChI is InChI=1S/C17H22N2O2S/c1-19(12-16-18-10-11-22-16)14-8-5-9-15(17(14)20)21-13-6-3-2-4-7-13/h2-4,6-7,10-11,14-15,17,20H,5,8-9,12H2,1H3/t14-,15+,17+/m1/s1. The number of aromatic nitrogens is 1. The van der Waals surface area contributed by atoms with E-state index in [4.69, 9.17) is 4.74 Å². The highest BCUT2D eigenvalue weighted by Crippen LogP contribution is 2.27. The van der Waals surface area contributed by atoms with Gasteiger partial charge < -0.3 is 9.84 Å². The molecule has 1 saturated carbocycles. The predicted molar refractivity (Wildman–Crippen MR) is 88.1 cm³/mol. The van der Waals surface area contributed by atoms with Crippen LogP contribution in [0.3, 0.4) is 0 Å². The number of nitrogens with zero attached hydrogens (tertiary/aromatic N) is 2. The van der Waals surface area contributed by atoms with Gasteiger partial charge in [0, 0.05) is 17.6 Å². The summed E-state index contributed by atoms with van der Waals surface area (Å²) in [7, 11) is 2.06. The summed E-state index contributed by atoms with van der Waals surface area (Å²) in [4.78, 5) is 6.53. The van der Waals surface area contributed by atoms with E-state index >= 15 is 0 Å². The number of aliphatic hydroxyl groups excluding tert-OH is 1. The highest BCUT2D eigenvalue weighted by Gasteiger charge is 2.35. The molecule has 1 fully saturated rings. The average Bonchev–Trinajstić information content (AvgIpc) is 3.03. The SMILES string of the molecule is CN(Cc1nccs1)[C@@H]1CCC[C@H](Oc2ccccc2)[C@H]1O. The van der Waals surface area contributed by atoms with Crippen LogP contribution < -0.4 is 4.74 Å². The molecule has 0 aliphatic heterocycles. The van der Waals surface area contributed by atoms with Crippen LogP contribution in [0.4, 0.5) is 0 Å². The number of benzene rings is 1. The first-order valence-corrected chi connectivity index (χ1v) is 8.60. The highest BCUT2D eigenvalue weighted by atomic mass is 32.1. The number of hydrogen-bond acceptors (Lipinski definition) is 5. The molecule has 0 amide bonds. The third kappa shape index (κ3) is 3.66. The van der Waals surface area contributed by atoms with E-state index in [1.807, 2.05) is 41.9 Å². The van der Waals surface area contributed by atoms with Crippen LogP contribution in [0.1, 0.15) is 24.3 Å². The van der Waals surface area contributed by atoms with Crippen molar-refractivity contribution in [3.63, 3.8) is 0 Å². The molecular weight excluding hydrogens is 296 g/mol. The Morgan fingerprint density at radius 1 is 1.32 bits per heavy atom. The second-order valence-corrected chi connectivity index (χ2v) is 6.78. The van der Waals surface area contributed by atoms with Crippen LogP contribution in [-0.2, 0) is 6.54 Å². The molecule has 0 unspecified atom stereocenters. The molecule has 3 rings (SSSR count). The summed E-state index contributed by atoms with van der Waals surface area (Å²) in [5.41, 5.74) is 0. The smallest absolute Gasteiger partial charge is 0.126 e. The van der Waals surface area contributed by atoms with Crippen molar-refractivity contribution in [3.8, 4) is 5.75 Å². The Morgan fingerprint density at radius 3 is 2.86 bits per heavy atom. The third-order valence-corrected chi connectivity index (χ3v) is 4.99. The van der Waals surface area contributed by atoms with Gasteiger partial charge in [-0.2, -0.15) is 0 Å². The summed E-state index contributed by atoms with van der Waals surface area (Å²) in [5.74, 6) is 0.828. The summed E-state index contributed by atoms with van der Waals surface area (Å²) in [6, 6.07) is 9.87. The molecule has 0 bridgehead atoms. The lowest BCUT2D eigenvalue weighted by Gasteiger charge is -2.39. The summed E-state index contributed by atoms with van der Waals surface area (Å²) in [6.45, 7) is 0.775. The van der Waals surface area contributed by atoms with Crippen LogP contribution in [-0.4, -0.2) is 40.3 Å². The molecule has 0 radical (unpaired) electrons. The topological polar surface area (TPSA) is 45.6 Å². The van der Waals surface area contributed by atoms with E-state index in [0.29, 0.717) is 0 Å². The van der Waals surface area contributed by atoms with Crippen molar-refractivity contribution < 1.29 is 9.84 Å². The summed E-state index contributed by atoms with van der Waals surface area (Å²) in [6.07, 6.45) is 4.18. The summed E-state index contributed by atoms with van der Waals surface area (Å²) in [5, 5.41) is 13.8. The molecule has 1 aliphatic carbocycles. The zero-order valence-electron chi connectivity index (χ0n) is 12.8. The fourth-order valence-corrected chi connectivity index (χ4v) is 3.74. The molecule has 5 heteroatoms. The number of para-hydroxylation sites is 1. The lowest BCUT2D eigenvalue weighted by atomic mass is 9.89. The zero-order chi connectivity index (χ0) is 15.4. The van der Waals surface area contributed by atoms with Crippen molar-refractivity contribution >= 4 is 11.3 Å². The van der Waals surface area contributed by atoms with E-state index in [0.717, 1.165) is 36.6 Å². The number of thiazole rings is 1. The molecule has 3 atom stereocenters. The van der Waals surface area contributed by atoms with E-state index < -0.39 is 6.10 Å². The number of hydrogen-bond donors (Lipinski definition) is 1. The maximum atomic E-state index is 10.7. The molecule has 118 valence electrons. The van der Waals surface area contributed by atoms with Gasteiger partial charge in [-0.25, -0.2) is 4.98 Å². The molecule has 0 saturated heterocycles. The first kappa shape index (κ1) is 15.5. The van der Waals surface area contributed by atoms with Gasteiger partial charge in [0.25, 0.3) is 0 Å². The van der Waals surface area contributed by atoms with Gasteiger partial charge in [-0.05, 0) is 38.4 Å². The number of rotatable bonds is 5. The van der Waals surface area contributed by atoms with Crippen LogP contribution in [0.5, 0.6) is 5.75 Å². The van der Waals surface area contributed by atoms with E-state index in [-0.39, 0.29) is 12.1 Å². The Balaban J connectivity index is 1.63. The Hall–Kier alpha value is -1.43. The minimum Gasteiger partial charge on any atom is -0.488 e. The van der Waals surface area contributed by atoms with Crippen LogP contribution in [0.2, 0.25) is 0 Å². The van der Waals surface area contributed by atoms with E-state index in [1.165, 1.54) is 0 Å². The number of ether oxygens (including phenoxy) is 1. The van der Waals surface area contributed by atoms with Gasteiger partial charge in [0.15, 0.2) is 0 Å². The number of aliphatic hydroxyl groups is 1. The van der Waals surface area contributed by atoms with Gasteiger partial charge in [-0.3, -0.25) is 4.90 Å². The molecule has 2 aromatic rings. The van der Waals surface area contributed by atoms with Gasteiger partial charge in [-0.15, -0.1) is 11.3 Å². The Bertz CT molecular complexity index is 561. The van der Waals surface area contributed by atoms with Gasteiger partial charge in [0.1, 0.15) is 23.0 Å². The van der Waals surface area contributed by atoms with Crippen molar-refractivity contribution in [1.29, 1.82) is 0 Å². The van der Waals surface area contributed by atoms with Crippen molar-refractivity contribution in [2.24, 2.45) is 0 Å². The normalized spacial score (nSPS) is 25.3. The van der Waals surface area contributed by atoms with Gasteiger partial charge in [0.2, 0.25) is 0 Å². The Labute approximate surface area is 135 Å². The maximum Gasteiger partial charge on any atom is 0.126 e. The van der Waals surface area contributed by atoms with Crippen molar-refractivity contribution in [1.82, 2.24) is 9.88 Å². The van der Waals surface area contributed by atoms with Gasteiger partial charge in [-0.1, -0.05) is 18.2 Å². The second kappa shape index (κ2) is 7.22. The number of likely N-dealkylation sites (N-methyl/N-ethyl adjacent to an activating group) is 1. The maximum absolute atomic E-state index is 10.7. The molecule has 0 spiro atoms. The summed E-state index contributed by atoms with van der Waals surface area (Å²) >= 11 is 1.65. The van der Waals surface area contributed by atoms with Crippen molar-refractivity contribution in [2.75, 3.05) is 7.05 Å². The van der Waals surface area contributed by atoms with Gasteiger partial charge in [0.05, 0.1) is 6.54 Å². The largest absolute Gasteiger partial charge is 0.488 e. The second-order valence-electron chi connectivity index (χ2n) is 5.80. The summed E-state index contributed by atoms with van der Waals surface area (Å²) < 4.78 is 5.99. The molecular formula is C17H22N2O2S. The lowest BCUT2D eigenvalue weighted by molar-refractivity contribution is -0.0491. The minimum atomic E-state index is -0.473. The monoisotopic (exact) mass is 318 g/mol. The van der Waals surface area contributed by atoms with Crippen molar-refractivity contribution in [3.05, 3.63) is 46.9 Å². The minimum absolute atomic E-state index is 0.117. The van der Waals surface area contributed by atoms with E-state index in [1.54, 1.807) is 11.3 Å². The predicted octanol–water partition coefficient (Wildman–Crippen LogP) is 2.94. The van der Waals surface area contributed by atoms with Crippen LogP contribution in [0, 0.1) is 0 Å². The van der Waals surface area contributed by atoms with Crippen LogP contribution in [0.25, 0.3) is 0 Å². The molecule has 1 aromatic heterocycles. The quantitative estimate of drug-likeness (QED) is 0.921. The Kier molecular flexibility index (Phi) is 5.08.